The third kappa shape index (κ3) is 3.33. The second-order valence-corrected chi connectivity index (χ2v) is 4.50. The van der Waals surface area contributed by atoms with Gasteiger partial charge < -0.3 is 11.1 Å². The van der Waals surface area contributed by atoms with Crippen molar-refractivity contribution in [1.29, 1.82) is 0 Å². The molecule has 4 N–H and O–H groups in total. The van der Waals surface area contributed by atoms with Crippen molar-refractivity contribution < 1.29 is 18.0 Å². The van der Waals surface area contributed by atoms with Crippen LogP contribution in [0.2, 0.25) is 0 Å². The largest absolute Gasteiger partial charge is 0.416 e. The molecule has 0 unspecified atom stereocenters. The van der Waals surface area contributed by atoms with Crippen LogP contribution in [0.4, 0.5) is 18.9 Å². The molecule has 0 atom stereocenters. The number of aryl methyl sites for hydroxylation is 1. The number of nitrogens with zero attached hydrogens (tertiary/aromatic N) is 1. The summed E-state index contributed by atoms with van der Waals surface area (Å²) in [5, 5.41) is 9.00. The number of halogens is 3. The normalized spacial score (nSPS) is 11.4. The van der Waals surface area contributed by atoms with Crippen molar-refractivity contribution in [2.75, 3.05) is 5.73 Å². The van der Waals surface area contributed by atoms with E-state index in [2.05, 4.69) is 15.5 Å². The fraction of sp³-hybridized carbons (Fsp3) is 0.231. The van der Waals surface area contributed by atoms with Gasteiger partial charge in [-0.15, -0.1) is 0 Å². The predicted molar refractivity (Wildman–Crippen MR) is 70.4 cm³/mol. The highest BCUT2D eigenvalue weighted by molar-refractivity contribution is 5.99. The number of hydrogen-bond acceptors (Lipinski definition) is 3. The number of carbonyl (C=O) groups excluding carboxylic acids is 1. The Balaban J connectivity index is 2.17. The molecule has 1 aromatic heterocycles. The molecule has 0 aliphatic heterocycles. The molecule has 21 heavy (non-hydrogen) atoms. The van der Waals surface area contributed by atoms with Crippen LogP contribution < -0.4 is 11.1 Å². The van der Waals surface area contributed by atoms with Gasteiger partial charge in [0.25, 0.3) is 5.91 Å². The number of aromatic amines is 1. The Kier molecular flexibility index (Phi) is 3.88. The average Bonchev–Trinajstić information content (AvgIpc) is 2.80. The van der Waals surface area contributed by atoms with Crippen LogP contribution in [0.1, 0.15) is 27.2 Å². The first-order valence-corrected chi connectivity index (χ1v) is 6.03. The first kappa shape index (κ1) is 14.9. The number of aromatic nitrogens is 2. The Hall–Kier alpha value is -2.51. The summed E-state index contributed by atoms with van der Waals surface area (Å²) in [4.78, 5) is 12.0. The van der Waals surface area contributed by atoms with Gasteiger partial charge in [0, 0.05) is 23.5 Å². The van der Waals surface area contributed by atoms with Gasteiger partial charge in [-0.3, -0.25) is 9.89 Å². The molecule has 8 heteroatoms. The minimum atomic E-state index is -4.52. The van der Waals surface area contributed by atoms with Crippen molar-refractivity contribution in [1.82, 2.24) is 15.5 Å². The Labute approximate surface area is 118 Å². The molecule has 0 spiro atoms. The van der Waals surface area contributed by atoms with Crippen LogP contribution in [-0.2, 0) is 12.7 Å². The van der Waals surface area contributed by atoms with Gasteiger partial charge in [-0.05, 0) is 25.1 Å². The number of amides is 1. The smallest absolute Gasteiger partial charge is 0.398 e. The van der Waals surface area contributed by atoms with Gasteiger partial charge in [0.15, 0.2) is 0 Å². The molecule has 0 aliphatic carbocycles. The first-order valence-electron chi connectivity index (χ1n) is 6.03. The highest BCUT2D eigenvalue weighted by atomic mass is 19.4. The van der Waals surface area contributed by atoms with E-state index in [9.17, 15) is 18.0 Å². The summed E-state index contributed by atoms with van der Waals surface area (Å²) in [6.45, 7) is 1.92. The van der Waals surface area contributed by atoms with Crippen LogP contribution in [-0.4, -0.2) is 16.1 Å². The molecular weight excluding hydrogens is 285 g/mol. The van der Waals surface area contributed by atoms with Gasteiger partial charge in [0.2, 0.25) is 0 Å². The van der Waals surface area contributed by atoms with Crippen molar-refractivity contribution in [3.05, 3.63) is 46.8 Å². The number of nitrogens with one attached hydrogen (secondary N) is 2. The van der Waals surface area contributed by atoms with Gasteiger partial charge in [0.05, 0.1) is 17.3 Å². The van der Waals surface area contributed by atoms with Crippen LogP contribution in [0.15, 0.2) is 24.4 Å². The van der Waals surface area contributed by atoms with E-state index in [1.54, 1.807) is 6.92 Å². The number of anilines is 1. The van der Waals surface area contributed by atoms with Crippen LogP contribution in [0.5, 0.6) is 0 Å². The number of nitrogens with two attached hydrogens (primary N) is 1. The highest BCUT2D eigenvalue weighted by Gasteiger charge is 2.31. The molecule has 0 saturated heterocycles. The summed E-state index contributed by atoms with van der Waals surface area (Å²) in [7, 11) is 0. The average molecular weight is 298 g/mol. The lowest BCUT2D eigenvalue weighted by Gasteiger charge is -2.11. The maximum Gasteiger partial charge on any atom is 0.416 e. The molecule has 0 aliphatic rings. The molecule has 0 bridgehead atoms. The van der Waals surface area contributed by atoms with Gasteiger partial charge in [0.1, 0.15) is 0 Å². The molecule has 0 saturated carbocycles. The van der Waals surface area contributed by atoms with Crippen LogP contribution in [0.25, 0.3) is 0 Å². The fourth-order valence-electron chi connectivity index (χ4n) is 1.75. The van der Waals surface area contributed by atoms with Crippen molar-refractivity contribution in [3.8, 4) is 0 Å². The van der Waals surface area contributed by atoms with Crippen molar-refractivity contribution in [2.45, 2.75) is 19.6 Å². The number of alkyl halides is 3. The quantitative estimate of drug-likeness (QED) is 0.760. The molecule has 5 nitrogen and oxygen atoms in total. The van der Waals surface area contributed by atoms with E-state index in [1.807, 2.05) is 0 Å². The van der Waals surface area contributed by atoms with Gasteiger partial charge in [-0.2, -0.15) is 18.3 Å². The second-order valence-electron chi connectivity index (χ2n) is 4.50. The van der Waals surface area contributed by atoms with Gasteiger partial charge >= 0.3 is 6.18 Å². The number of H-pyrrole nitrogens is 1. The molecule has 0 fully saturated rings. The summed E-state index contributed by atoms with van der Waals surface area (Å²) in [6.07, 6.45) is -2.99. The highest BCUT2D eigenvalue weighted by Crippen LogP contribution is 2.31. The zero-order valence-corrected chi connectivity index (χ0v) is 11.1. The summed E-state index contributed by atoms with van der Waals surface area (Å²) in [5.41, 5.74) is 5.95. The van der Waals surface area contributed by atoms with E-state index in [0.717, 1.165) is 29.5 Å². The Morgan fingerprint density at radius 2 is 2.14 bits per heavy atom. The van der Waals surface area contributed by atoms with E-state index < -0.39 is 17.6 Å². The molecule has 1 heterocycles. The van der Waals surface area contributed by atoms with E-state index >= 15 is 0 Å². The van der Waals surface area contributed by atoms with Gasteiger partial charge in [-0.25, -0.2) is 0 Å². The molecule has 2 rings (SSSR count). The number of rotatable bonds is 3. The second kappa shape index (κ2) is 5.47. The van der Waals surface area contributed by atoms with Crippen LogP contribution in [0.3, 0.4) is 0 Å². The monoisotopic (exact) mass is 298 g/mol. The van der Waals surface area contributed by atoms with E-state index in [0.29, 0.717) is 0 Å². The first-order chi connectivity index (χ1) is 9.79. The van der Waals surface area contributed by atoms with Crippen LogP contribution in [0, 0.1) is 6.92 Å². The fourth-order valence-corrected chi connectivity index (χ4v) is 1.75. The van der Waals surface area contributed by atoms with Crippen molar-refractivity contribution in [2.24, 2.45) is 0 Å². The lowest BCUT2D eigenvalue weighted by atomic mass is 10.1. The number of benzene rings is 1. The molecule has 112 valence electrons. The minimum Gasteiger partial charge on any atom is -0.398 e. The number of carbonyl (C=O) groups is 1. The maximum absolute atomic E-state index is 12.6. The Morgan fingerprint density at radius 1 is 1.43 bits per heavy atom. The Bertz CT molecular complexity index is 664. The zero-order chi connectivity index (χ0) is 15.6. The summed E-state index contributed by atoms with van der Waals surface area (Å²) in [6, 6.07) is 2.65. The number of hydrogen-bond donors (Lipinski definition) is 3. The lowest BCUT2D eigenvalue weighted by Crippen LogP contribution is -2.24. The minimum absolute atomic E-state index is 0.00980. The zero-order valence-electron chi connectivity index (χ0n) is 11.1. The molecule has 2 aromatic rings. The lowest BCUT2D eigenvalue weighted by molar-refractivity contribution is -0.137. The predicted octanol–water partition coefficient (Wildman–Crippen LogP) is 2.25. The SMILES string of the molecule is Cc1[nH]ncc1CNC(=O)c1cc(C(F)(F)F)ccc1N. The molecule has 1 amide bonds. The molecular formula is C13H13F3N4O. The summed E-state index contributed by atoms with van der Waals surface area (Å²) in [5.74, 6) is -0.667. The summed E-state index contributed by atoms with van der Waals surface area (Å²) >= 11 is 0. The van der Waals surface area contributed by atoms with Crippen molar-refractivity contribution >= 4 is 11.6 Å². The van der Waals surface area contributed by atoms with Crippen molar-refractivity contribution in [3.63, 3.8) is 0 Å². The third-order valence-corrected chi connectivity index (χ3v) is 3.00. The molecule has 1 aromatic carbocycles. The third-order valence-electron chi connectivity index (χ3n) is 3.00. The standard InChI is InChI=1S/C13H13F3N4O/c1-7-8(6-19-20-7)5-18-12(21)10-4-9(13(14,15)16)2-3-11(10)17/h2-4,6H,5,17H2,1H3,(H,18,21)(H,19,20). The van der Waals surface area contributed by atoms with Crippen LogP contribution >= 0.6 is 0 Å². The topological polar surface area (TPSA) is 83.8 Å². The number of nitrogen functional groups attached to an aromatic ring is 1. The maximum atomic E-state index is 12.6. The van der Waals surface area contributed by atoms with E-state index in [-0.39, 0.29) is 17.8 Å². The van der Waals surface area contributed by atoms with E-state index in [4.69, 9.17) is 5.73 Å². The summed E-state index contributed by atoms with van der Waals surface area (Å²) < 4.78 is 37.9. The van der Waals surface area contributed by atoms with E-state index in [1.165, 1.54) is 6.20 Å². The Morgan fingerprint density at radius 3 is 2.71 bits per heavy atom. The molecule has 0 radical (unpaired) electrons. The van der Waals surface area contributed by atoms with Gasteiger partial charge in [-0.1, -0.05) is 0 Å².